The second kappa shape index (κ2) is 3.02. The third-order valence-corrected chi connectivity index (χ3v) is 3.44. The molecule has 12 heavy (non-hydrogen) atoms. The standard InChI is InChI=1S/C10H14NS/c1-3-11-8(2)12-10-7-5-4-6-9(10)11/h6-7H,3-5H2,1-2H3/q+1. The van der Waals surface area contributed by atoms with Gasteiger partial charge in [0.15, 0.2) is 0 Å². The monoisotopic (exact) mass is 180 g/mol. The number of hydrogen-bond donors (Lipinski definition) is 0. The lowest BCUT2D eigenvalue weighted by molar-refractivity contribution is -0.707. The summed E-state index contributed by atoms with van der Waals surface area (Å²) in [5.74, 6) is 0. The van der Waals surface area contributed by atoms with Gasteiger partial charge in [0.1, 0.15) is 11.1 Å². The molecule has 2 rings (SSSR count). The Bertz CT molecular complexity index is 400. The summed E-state index contributed by atoms with van der Waals surface area (Å²) in [4.78, 5) is 0. The van der Waals surface area contributed by atoms with Crippen molar-refractivity contribution in [1.29, 1.82) is 0 Å². The summed E-state index contributed by atoms with van der Waals surface area (Å²) < 4.78 is 3.87. The third kappa shape index (κ3) is 1.11. The lowest BCUT2D eigenvalue weighted by Crippen LogP contribution is -2.53. The first kappa shape index (κ1) is 7.99. The van der Waals surface area contributed by atoms with E-state index in [4.69, 9.17) is 0 Å². The predicted octanol–water partition coefficient (Wildman–Crippen LogP) is 0.719. The Kier molecular flexibility index (Phi) is 2.01. The molecular formula is C10H14NS+. The number of hydrogen-bond acceptors (Lipinski definition) is 1. The Hall–Kier alpha value is -0.630. The zero-order valence-corrected chi connectivity index (χ0v) is 8.45. The van der Waals surface area contributed by atoms with Gasteiger partial charge in [-0.1, -0.05) is 17.4 Å². The van der Waals surface area contributed by atoms with Gasteiger partial charge in [-0.25, -0.2) is 0 Å². The Morgan fingerprint density at radius 1 is 1.42 bits per heavy atom. The van der Waals surface area contributed by atoms with Crippen LogP contribution in [0.3, 0.4) is 0 Å². The van der Waals surface area contributed by atoms with Gasteiger partial charge in [0.25, 0.3) is 0 Å². The first-order valence-electron chi connectivity index (χ1n) is 4.52. The number of aromatic nitrogens is 1. The molecule has 1 aliphatic rings. The van der Waals surface area contributed by atoms with Crippen molar-refractivity contribution < 1.29 is 4.57 Å². The van der Waals surface area contributed by atoms with Crippen LogP contribution in [0.2, 0.25) is 0 Å². The molecule has 1 heterocycles. The first-order valence-corrected chi connectivity index (χ1v) is 5.34. The van der Waals surface area contributed by atoms with Crippen LogP contribution in [-0.4, -0.2) is 0 Å². The van der Waals surface area contributed by atoms with Crippen molar-refractivity contribution in [1.82, 2.24) is 0 Å². The number of fused-ring (bicyclic) bond motifs is 1. The van der Waals surface area contributed by atoms with Crippen LogP contribution >= 0.6 is 11.3 Å². The van der Waals surface area contributed by atoms with Crippen molar-refractivity contribution in [2.45, 2.75) is 33.2 Å². The van der Waals surface area contributed by atoms with E-state index < -0.39 is 0 Å². The molecule has 0 bridgehead atoms. The topological polar surface area (TPSA) is 3.88 Å². The molecule has 1 aliphatic carbocycles. The summed E-state index contributed by atoms with van der Waals surface area (Å²) >= 11 is 1.92. The highest BCUT2D eigenvalue weighted by Crippen LogP contribution is 1.98. The molecule has 0 atom stereocenters. The van der Waals surface area contributed by atoms with Crippen molar-refractivity contribution in [3.05, 3.63) is 14.9 Å². The molecule has 1 aromatic rings. The van der Waals surface area contributed by atoms with E-state index in [2.05, 4.69) is 30.6 Å². The van der Waals surface area contributed by atoms with E-state index in [1.807, 2.05) is 11.3 Å². The highest BCUT2D eigenvalue weighted by atomic mass is 32.1. The number of nitrogens with zero attached hydrogens (tertiary/aromatic N) is 1. The number of aryl methyl sites for hydroxylation is 1. The zero-order valence-electron chi connectivity index (χ0n) is 7.63. The minimum Gasteiger partial charge on any atom is -0.187 e. The molecule has 0 saturated carbocycles. The van der Waals surface area contributed by atoms with Crippen LogP contribution in [0.15, 0.2) is 0 Å². The highest BCUT2D eigenvalue weighted by Gasteiger charge is 2.12. The lowest BCUT2D eigenvalue weighted by Gasteiger charge is -1.91. The summed E-state index contributed by atoms with van der Waals surface area (Å²) in [5.41, 5.74) is 0. The Morgan fingerprint density at radius 3 is 2.92 bits per heavy atom. The van der Waals surface area contributed by atoms with E-state index >= 15 is 0 Å². The van der Waals surface area contributed by atoms with Gasteiger partial charge in [-0.3, -0.25) is 0 Å². The summed E-state index contributed by atoms with van der Waals surface area (Å²) in [6.45, 7) is 5.51. The average molecular weight is 180 g/mol. The molecule has 0 spiro atoms. The van der Waals surface area contributed by atoms with Crippen molar-refractivity contribution in [3.8, 4) is 0 Å². The lowest BCUT2D eigenvalue weighted by atomic mass is 10.2. The van der Waals surface area contributed by atoms with Gasteiger partial charge in [-0.05, 0) is 25.8 Å². The molecule has 2 heteroatoms. The van der Waals surface area contributed by atoms with Crippen molar-refractivity contribution in [2.24, 2.45) is 0 Å². The minimum atomic E-state index is 1.10. The largest absolute Gasteiger partial charge is 0.235 e. The van der Waals surface area contributed by atoms with E-state index in [0.717, 1.165) is 6.54 Å². The molecule has 0 amide bonds. The molecule has 0 radical (unpaired) electrons. The predicted molar refractivity (Wildman–Crippen MR) is 52.3 cm³/mol. The number of rotatable bonds is 1. The van der Waals surface area contributed by atoms with E-state index in [0.29, 0.717) is 0 Å². The van der Waals surface area contributed by atoms with Crippen molar-refractivity contribution in [2.75, 3.05) is 0 Å². The SMILES string of the molecule is CC[n+]1c(C)sc2c1=CCCC=2. The zero-order chi connectivity index (χ0) is 8.55. The fraction of sp³-hybridized carbons (Fsp3) is 0.500. The van der Waals surface area contributed by atoms with Crippen LogP contribution in [0.1, 0.15) is 24.8 Å². The molecule has 1 nitrogen and oxygen atoms in total. The molecular weight excluding hydrogens is 166 g/mol. The Labute approximate surface area is 76.7 Å². The van der Waals surface area contributed by atoms with Crippen LogP contribution in [0.4, 0.5) is 0 Å². The normalized spacial score (nSPS) is 14.8. The molecule has 0 fully saturated rings. The Balaban J connectivity index is 2.79. The van der Waals surface area contributed by atoms with Gasteiger partial charge >= 0.3 is 0 Å². The summed E-state index contributed by atoms with van der Waals surface area (Å²) in [6.07, 6.45) is 7.15. The quantitative estimate of drug-likeness (QED) is 0.561. The summed E-state index contributed by atoms with van der Waals surface area (Å²) in [7, 11) is 0. The molecule has 64 valence electrons. The van der Waals surface area contributed by atoms with Crippen molar-refractivity contribution >= 4 is 23.5 Å². The first-order chi connectivity index (χ1) is 5.83. The molecule has 0 aromatic carbocycles. The maximum Gasteiger partial charge on any atom is 0.235 e. The van der Waals surface area contributed by atoms with Crippen LogP contribution in [0.25, 0.3) is 12.2 Å². The molecule has 0 saturated heterocycles. The fourth-order valence-corrected chi connectivity index (χ4v) is 2.91. The van der Waals surface area contributed by atoms with Crippen LogP contribution in [-0.2, 0) is 6.54 Å². The van der Waals surface area contributed by atoms with Gasteiger partial charge < -0.3 is 0 Å². The fourth-order valence-electron chi connectivity index (χ4n) is 1.75. The Morgan fingerprint density at radius 2 is 2.17 bits per heavy atom. The van der Waals surface area contributed by atoms with Crippen molar-refractivity contribution in [3.63, 3.8) is 0 Å². The van der Waals surface area contributed by atoms with Crippen LogP contribution < -0.4 is 14.4 Å². The maximum absolute atomic E-state index is 2.40. The van der Waals surface area contributed by atoms with E-state index in [9.17, 15) is 0 Å². The summed E-state index contributed by atoms with van der Waals surface area (Å²) in [6, 6.07) is 0. The molecule has 0 unspecified atom stereocenters. The minimum absolute atomic E-state index is 1.10. The second-order valence-electron chi connectivity index (χ2n) is 3.10. The van der Waals surface area contributed by atoms with Gasteiger partial charge in [-0.2, -0.15) is 4.57 Å². The van der Waals surface area contributed by atoms with Crippen LogP contribution in [0.5, 0.6) is 0 Å². The molecule has 1 aromatic heterocycles. The van der Waals surface area contributed by atoms with E-state index in [1.165, 1.54) is 27.7 Å². The maximum atomic E-state index is 2.40. The average Bonchev–Trinajstić information content (AvgIpc) is 2.40. The summed E-state index contributed by atoms with van der Waals surface area (Å²) in [5, 5.41) is 2.88. The van der Waals surface area contributed by atoms with Gasteiger partial charge in [0.2, 0.25) is 10.4 Å². The van der Waals surface area contributed by atoms with Gasteiger partial charge in [0.05, 0.1) is 0 Å². The van der Waals surface area contributed by atoms with Crippen LogP contribution in [0, 0.1) is 6.92 Å². The highest BCUT2D eigenvalue weighted by molar-refractivity contribution is 7.09. The van der Waals surface area contributed by atoms with Gasteiger partial charge in [-0.15, -0.1) is 0 Å². The molecule has 0 N–H and O–H groups in total. The van der Waals surface area contributed by atoms with E-state index in [1.54, 1.807) is 0 Å². The third-order valence-electron chi connectivity index (χ3n) is 2.33. The number of thiazole rings is 1. The molecule has 0 aliphatic heterocycles. The second-order valence-corrected chi connectivity index (χ2v) is 4.34. The smallest absolute Gasteiger partial charge is 0.187 e. The van der Waals surface area contributed by atoms with Gasteiger partial charge in [0, 0.05) is 6.92 Å². The van der Waals surface area contributed by atoms with E-state index in [-0.39, 0.29) is 0 Å².